The Bertz CT molecular complexity index is 643. The molecule has 6 nitrogen and oxygen atoms in total. The Kier molecular flexibility index (Phi) is 7.02. The summed E-state index contributed by atoms with van der Waals surface area (Å²) in [5.74, 6) is -1.16. The molecule has 3 N–H and O–H groups in total. The Balaban J connectivity index is 3.14. The van der Waals surface area contributed by atoms with Gasteiger partial charge in [-0.05, 0) is 44.9 Å². The molecule has 0 amide bonds. The number of carbonyl (C=O) groups is 1. The fourth-order valence-electron chi connectivity index (χ4n) is 2.19. The molecule has 0 aliphatic rings. The van der Waals surface area contributed by atoms with Crippen molar-refractivity contribution in [1.82, 2.24) is 4.72 Å². The number of aromatic carboxylic acids is 1. The molecule has 23 heavy (non-hydrogen) atoms. The van der Waals surface area contributed by atoms with Crippen LogP contribution in [0.1, 0.15) is 57.3 Å². The van der Waals surface area contributed by atoms with E-state index in [4.69, 9.17) is 0 Å². The highest BCUT2D eigenvalue weighted by molar-refractivity contribution is 7.89. The number of carboxylic acid groups (broad SMARTS) is 1. The van der Waals surface area contributed by atoms with Gasteiger partial charge in [-0.25, -0.2) is 17.9 Å². The quantitative estimate of drug-likeness (QED) is 0.641. The largest absolute Gasteiger partial charge is 0.478 e. The van der Waals surface area contributed by atoms with Crippen molar-refractivity contribution < 1.29 is 18.3 Å². The molecule has 0 bridgehead atoms. The zero-order chi connectivity index (χ0) is 17.6. The van der Waals surface area contributed by atoms with Crippen LogP contribution in [0.2, 0.25) is 0 Å². The predicted octanol–water partition coefficient (Wildman–Crippen LogP) is 3.06. The van der Waals surface area contributed by atoms with Crippen molar-refractivity contribution in [2.24, 2.45) is 0 Å². The first-order chi connectivity index (χ1) is 10.7. The number of hydrogen-bond acceptors (Lipinski definition) is 4. The van der Waals surface area contributed by atoms with E-state index in [9.17, 15) is 18.3 Å². The Morgan fingerprint density at radius 2 is 1.87 bits per heavy atom. The third-order valence-corrected chi connectivity index (χ3v) is 5.21. The topological polar surface area (TPSA) is 95.5 Å². The molecule has 0 saturated carbocycles. The van der Waals surface area contributed by atoms with Crippen LogP contribution in [0.4, 0.5) is 5.69 Å². The van der Waals surface area contributed by atoms with Gasteiger partial charge in [0, 0.05) is 17.8 Å². The van der Waals surface area contributed by atoms with Gasteiger partial charge in [0.05, 0.1) is 10.5 Å². The molecule has 1 rings (SSSR count). The molecule has 0 radical (unpaired) electrons. The van der Waals surface area contributed by atoms with Crippen molar-refractivity contribution in [3.8, 4) is 0 Å². The van der Waals surface area contributed by atoms with Crippen LogP contribution in [-0.4, -0.2) is 31.6 Å². The highest BCUT2D eigenvalue weighted by Crippen LogP contribution is 2.22. The Morgan fingerprint density at radius 3 is 2.39 bits per heavy atom. The molecule has 0 aliphatic carbocycles. The van der Waals surface area contributed by atoms with Crippen LogP contribution in [0, 0.1) is 0 Å². The number of hydrogen-bond donors (Lipinski definition) is 3. The van der Waals surface area contributed by atoms with Gasteiger partial charge >= 0.3 is 5.97 Å². The molecule has 130 valence electrons. The lowest BCUT2D eigenvalue weighted by atomic mass is 10.1. The summed E-state index contributed by atoms with van der Waals surface area (Å²) in [7, 11) is -3.73. The van der Waals surface area contributed by atoms with E-state index in [0.29, 0.717) is 5.69 Å². The molecule has 0 aliphatic heterocycles. The number of benzene rings is 1. The Labute approximate surface area is 138 Å². The predicted molar refractivity (Wildman–Crippen MR) is 91.5 cm³/mol. The zero-order valence-electron chi connectivity index (χ0n) is 14.1. The molecular weight excluding hydrogens is 316 g/mol. The van der Waals surface area contributed by atoms with Gasteiger partial charge in [0.1, 0.15) is 0 Å². The third-order valence-electron chi connectivity index (χ3n) is 3.62. The van der Waals surface area contributed by atoms with E-state index in [0.717, 1.165) is 19.3 Å². The summed E-state index contributed by atoms with van der Waals surface area (Å²) in [4.78, 5) is 11.4. The molecule has 2 atom stereocenters. The normalized spacial score (nSPS) is 14.3. The van der Waals surface area contributed by atoms with Gasteiger partial charge in [-0.1, -0.05) is 20.3 Å². The molecule has 0 heterocycles. The maximum Gasteiger partial charge on any atom is 0.337 e. The van der Waals surface area contributed by atoms with Crippen molar-refractivity contribution in [2.45, 2.75) is 63.9 Å². The van der Waals surface area contributed by atoms with E-state index in [1.807, 2.05) is 20.8 Å². The second-order valence-corrected chi connectivity index (χ2v) is 7.49. The third kappa shape index (κ3) is 5.51. The van der Waals surface area contributed by atoms with Crippen molar-refractivity contribution in [3.63, 3.8) is 0 Å². The van der Waals surface area contributed by atoms with Crippen molar-refractivity contribution in [3.05, 3.63) is 23.8 Å². The number of carboxylic acids is 1. The fourth-order valence-corrected chi connectivity index (χ4v) is 3.49. The minimum atomic E-state index is -3.73. The lowest BCUT2D eigenvalue weighted by Gasteiger charge is -2.17. The minimum Gasteiger partial charge on any atom is -0.478 e. The Morgan fingerprint density at radius 1 is 1.22 bits per heavy atom. The van der Waals surface area contributed by atoms with E-state index in [-0.39, 0.29) is 22.5 Å². The maximum atomic E-state index is 12.4. The molecule has 7 heteroatoms. The van der Waals surface area contributed by atoms with Crippen LogP contribution in [0.5, 0.6) is 0 Å². The van der Waals surface area contributed by atoms with Gasteiger partial charge in [0.2, 0.25) is 10.0 Å². The zero-order valence-corrected chi connectivity index (χ0v) is 14.9. The second kappa shape index (κ2) is 8.31. The molecule has 0 aromatic heterocycles. The van der Waals surface area contributed by atoms with Crippen LogP contribution < -0.4 is 10.0 Å². The highest BCUT2D eigenvalue weighted by atomic mass is 32.2. The first-order valence-corrected chi connectivity index (χ1v) is 9.35. The van der Waals surface area contributed by atoms with Crippen LogP contribution >= 0.6 is 0 Å². The van der Waals surface area contributed by atoms with E-state index in [1.54, 1.807) is 6.92 Å². The summed E-state index contributed by atoms with van der Waals surface area (Å²) < 4.78 is 27.3. The van der Waals surface area contributed by atoms with Crippen molar-refractivity contribution in [1.29, 1.82) is 0 Å². The van der Waals surface area contributed by atoms with Gasteiger partial charge in [-0.2, -0.15) is 0 Å². The van der Waals surface area contributed by atoms with E-state index in [2.05, 4.69) is 10.0 Å². The summed E-state index contributed by atoms with van der Waals surface area (Å²) in [5, 5.41) is 12.4. The molecule has 0 fully saturated rings. The summed E-state index contributed by atoms with van der Waals surface area (Å²) >= 11 is 0. The van der Waals surface area contributed by atoms with Gasteiger partial charge in [-0.3, -0.25) is 0 Å². The number of sulfonamides is 1. The van der Waals surface area contributed by atoms with Crippen LogP contribution in [-0.2, 0) is 10.0 Å². The fraction of sp³-hybridized carbons (Fsp3) is 0.562. The monoisotopic (exact) mass is 342 g/mol. The molecule has 0 unspecified atom stereocenters. The first-order valence-electron chi connectivity index (χ1n) is 7.87. The lowest BCUT2D eigenvalue weighted by molar-refractivity contribution is 0.0697. The lowest BCUT2D eigenvalue weighted by Crippen LogP contribution is -2.32. The summed E-state index contributed by atoms with van der Waals surface area (Å²) in [6, 6.07) is 4.04. The smallest absolute Gasteiger partial charge is 0.337 e. The second-order valence-electron chi connectivity index (χ2n) is 5.78. The molecular formula is C16H26N2O4S. The summed E-state index contributed by atoms with van der Waals surface area (Å²) in [6.45, 7) is 7.68. The van der Waals surface area contributed by atoms with Crippen molar-refractivity contribution >= 4 is 21.7 Å². The Hall–Kier alpha value is -1.60. The first kappa shape index (κ1) is 19.4. The minimum absolute atomic E-state index is 0.0347. The summed E-state index contributed by atoms with van der Waals surface area (Å²) in [5.41, 5.74) is 0.378. The maximum absolute atomic E-state index is 12.4. The SMILES string of the molecule is CCC[C@H](C)NS(=O)(=O)c1ccc(N[C@H](C)CC)c(C(=O)O)c1. The number of rotatable bonds is 9. The summed E-state index contributed by atoms with van der Waals surface area (Å²) in [6.07, 6.45) is 2.41. The molecule has 0 spiro atoms. The van der Waals surface area contributed by atoms with Gasteiger partial charge < -0.3 is 10.4 Å². The average Bonchev–Trinajstić information content (AvgIpc) is 2.46. The highest BCUT2D eigenvalue weighted by Gasteiger charge is 2.21. The van der Waals surface area contributed by atoms with Crippen LogP contribution in [0.15, 0.2) is 23.1 Å². The van der Waals surface area contributed by atoms with Crippen molar-refractivity contribution in [2.75, 3.05) is 5.32 Å². The van der Waals surface area contributed by atoms with Gasteiger partial charge in [0.25, 0.3) is 0 Å². The van der Waals surface area contributed by atoms with E-state index >= 15 is 0 Å². The number of nitrogens with one attached hydrogen (secondary N) is 2. The standard InChI is InChI=1S/C16H26N2O4S/c1-5-7-12(4)18-23(21,22)13-8-9-15(17-11(3)6-2)14(10-13)16(19)20/h8-12,17-18H,5-7H2,1-4H3,(H,19,20)/t11-,12+/m1/s1. The molecule has 0 saturated heterocycles. The molecule has 1 aromatic rings. The average molecular weight is 342 g/mol. The molecule has 1 aromatic carbocycles. The van der Waals surface area contributed by atoms with Crippen LogP contribution in [0.25, 0.3) is 0 Å². The van der Waals surface area contributed by atoms with E-state index in [1.165, 1.54) is 18.2 Å². The van der Waals surface area contributed by atoms with E-state index < -0.39 is 16.0 Å². The van der Waals surface area contributed by atoms with Gasteiger partial charge in [0.15, 0.2) is 0 Å². The van der Waals surface area contributed by atoms with Crippen LogP contribution in [0.3, 0.4) is 0 Å². The van der Waals surface area contributed by atoms with Gasteiger partial charge in [-0.15, -0.1) is 0 Å². The number of anilines is 1.